The fourth-order valence-electron chi connectivity index (χ4n) is 1.92. The average molecular weight is 319 g/mol. The van der Waals surface area contributed by atoms with Crippen LogP contribution in [0, 0.1) is 5.92 Å². The normalized spacial score (nSPS) is 13.6. The van der Waals surface area contributed by atoms with Crippen LogP contribution < -0.4 is 5.32 Å². The first-order valence-corrected chi connectivity index (χ1v) is 7.76. The lowest BCUT2D eigenvalue weighted by molar-refractivity contribution is 0.305. The molecular formula is C13H23BrN2S. The Kier molecular flexibility index (Phi) is 6.70. The van der Waals surface area contributed by atoms with Crippen LogP contribution in [0.5, 0.6) is 0 Å². The van der Waals surface area contributed by atoms with Gasteiger partial charge in [-0.25, -0.2) is 0 Å². The molecule has 98 valence electrons. The van der Waals surface area contributed by atoms with Gasteiger partial charge in [-0.15, -0.1) is 11.3 Å². The Hall–Kier alpha value is 0.100. The van der Waals surface area contributed by atoms with Crippen LogP contribution in [0.2, 0.25) is 0 Å². The molecule has 1 unspecified atom stereocenters. The molecule has 1 rings (SSSR count). The second-order valence-corrected chi connectivity index (χ2v) is 7.02. The molecule has 0 aromatic carbocycles. The van der Waals surface area contributed by atoms with Gasteiger partial charge in [0.15, 0.2) is 0 Å². The van der Waals surface area contributed by atoms with Crippen LogP contribution in [0.4, 0.5) is 0 Å². The van der Waals surface area contributed by atoms with Crippen LogP contribution in [0.1, 0.15) is 25.1 Å². The van der Waals surface area contributed by atoms with Gasteiger partial charge in [0.1, 0.15) is 0 Å². The number of halogens is 1. The molecule has 1 aromatic heterocycles. The molecule has 0 aliphatic rings. The molecule has 0 saturated heterocycles. The summed E-state index contributed by atoms with van der Waals surface area (Å²) in [4.78, 5) is 3.64. The number of nitrogens with zero attached hydrogens (tertiary/aromatic N) is 1. The minimum atomic E-state index is 0.569. The highest BCUT2D eigenvalue weighted by Gasteiger charge is 2.12. The van der Waals surface area contributed by atoms with Crippen LogP contribution in [-0.2, 0) is 6.54 Å². The van der Waals surface area contributed by atoms with E-state index in [1.54, 1.807) is 11.3 Å². The van der Waals surface area contributed by atoms with Crippen molar-refractivity contribution in [1.29, 1.82) is 0 Å². The number of nitrogens with one attached hydrogen (secondary N) is 1. The lowest BCUT2D eigenvalue weighted by atomic mass is 10.0. The summed E-state index contributed by atoms with van der Waals surface area (Å²) in [6, 6.07) is 2.68. The first-order valence-electron chi connectivity index (χ1n) is 6.09. The molecular weight excluding hydrogens is 296 g/mol. The third kappa shape index (κ3) is 6.00. The minimum absolute atomic E-state index is 0.569. The van der Waals surface area contributed by atoms with E-state index in [2.05, 4.69) is 65.5 Å². The highest BCUT2D eigenvalue weighted by molar-refractivity contribution is 9.10. The van der Waals surface area contributed by atoms with Gasteiger partial charge >= 0.3 is 0 Å². The van der Waals surface area contributed by atoms with Crippen molar-refractivity contribution in [3.05, 3.63) is 20.8 Å². The highest BCUT2D eigenvalue weighted by Crippen LogP contribution is 2.22. The van der Waals surface area contributed by atoms with Crippen LogP contribution in [-0.4, -0.2) is 31.6 Å². The molecule has 1 atom stereocenters. The molecule has 1 aromatic rings. The monoisotopic (exact) mass is 318 g/mol. The Balaban J connectivity index is 2.45. The van der Waals surface area contributed by atoms with Gasteiger partial charge in [0.05, 0.1) is 0 Å². The largest absolute Gasteiger partial charge is 0.308 e. The van der Waals surface area contributed by atoms with Gasteiger partial charge in [0, 0.05) is 28.5 Å². The van der Waals surface area contributed by atoms with Crippen molar-refractivity contribution in [3.8, 4) is 0 Å². The molecule has 0 aliphatic heterocycles. The van der Waals surface area contributed by atoms with Crippen molar-refractivity contribution in [2.24, 2.45) is 5.92 Å². The summed E-state index contributed by atoms with van der Waals surface area (Å²) in [7, 11) is 4.27. The lowest BCUT2D eigenvalue weighted by Crippen LogP contribution is -2.38. The maximum Gasteiger partial charge on any atom is 0.0327 e. The summed E-state index contributed by atoms with van der Waals surface area (Å²) in [5.74, 6) is 0.735. The third-order valence-corrected chi connectivity index (χ3v) is 4.51. The van der Waals surface area contributed by atoms with Gasteiger partial charge in [0.25, 0.3) is 0 Å². The van der Waals surface area contributed by atoms with Gasteiger partial charge in [-0.1, -0.05) is 13.8 Å². The Labute approximate surface area is 118 Å². The molecule has 0 fully saturated rings. The molecule has 0 radical (unpaired) electrons. The van der Waals surface area contributed by atoms with Gasteiger partial charge in [-0.3, -0.25) is 0 Å². The van der Waals surface area contributed by atoms with Crippen molar-refractivity contribution < 1.29 is 0 Å². The second-order valence-electron chi connectivity index (χ2n) is 5.16. The molecule has 0 spiro atoms. The van der Waals surface area contributed by atoms with Crippen LogP contribution in [0.15, 0.2) is 15.9 Å². The van der Waals surface area contributed by atoms with E-state index in [9.17, 15) is 0 Å². The van der Waals surface area contributed by atoms with Crippen LogP contribution in [0.25, 0.3) is 0 Å². The van der Waals surface area contributed by atoms with Crippen molar-refractivity contribution in [2.45, 2.75) is 32.9 Å². The highest BCUT2D eigenvalue weighted by atomic mass is 79.9. The molecule has 2 nitrogen and oxygen atoms in total. The maximum absolute atomic E-state index is 3.66. The van der Waals surface area contributed by atoms with Crippen molar-refractivity contribution in [2.75, 3.05) is 20.6 Å². The van der Waals surface area contributed by atoms with E-state index in [0.717, 1.165) is 19.0 Å². The Morgan fingerprint density at radius 1 is 1.41 bits per heavy atom. The van der Waals surface area contributed by atoms with Crippen molar-refractivity contribution in [1.82, 2.24) is 10.2 Å². The summed E-state index contributed by atoms with van der Waals surface area (Å²) in [6.07, 6.45) is 1.22. The topological polar surface area (TPSA) is 15.3 Å². The van der Waals surface area contributed by atoms with Gasteiger partial charge in [0.2, 0.25) is 0 Å². The Bertz CT molecular complexity index is 313. The Morgan fingerprint density at radius 2 is 2.12 bits per heavy atom. The SMILES string of the molecule is CC(C)CC(CN(C)C)NCc1sccc1Br. The zero-order valence-electron chi connectivity index (χ0n) is 11.2. The van der Waals surface area contributed by atoms with Crippen molar-refractivity contribution in [3.63, 3.8) is 0 Å². The first-order chi connectivity index (χ1) is 7.99. The predicted molar refractivity (Wildman–Crippen MR) is 80.7 cm³/mol. The molecule has 1 heterocycles. The minimum Gasteiger partial charge on any atom is -0.308 e. The fraction of sp³-hybridized carbons (Fsp3) is 0.692. The summed E-state index contributed by atoms with van der Waals surface area (Å²) in [5, 5.41) is 5.79. The van der Waals surface area contributed by atoms with E-state index in [4.69, 9.17) is 0 Å². The summed E-state index contributed by atoms with van der Waals surface area (Å²) >= 11 is 5.38. The summed E-state index contributed by atoms with van der Waals surface area (Å²) in [5.41, 5.74) is 0. The first kappa shape index (κ1) is 15.2. The zero-order chi connectivity index (χ0) is 12.8. The summed E-state index contributed by atoms with van der Waals surface area (Å²) < 4.78 is 1.23. The molecule has 0 aliphatic carbocycles. The quantitative estimate of drug-likeness (QED) is 0.826. The zero-order valence-corrected chi connectivity index (χ0v) is 13.6. The number of likely N-dealkylation sites (N-methyl/N-ethyl adjacent to an activating group) is 1. The molecule has 4 heteroatoms. The van der Waals surface area contributed by atoms with E-state index in [1.807, 2.05) is 0 Å². The van der Waals surface area contributed by atoms with E-state index in [1.165, 1.54) is 15.8 Å². The van der Waals surface area contributed by atoms with Gasteiger partial charge in [-0.05, 0) is 53.8 Å². The lowest BCUT2D eigenvalue weighted by Gasteiger charge is -2.24. The number of thiophene rings is 1. The molecule has 17 heavy (non-hydrogen) atoms. The van der Waals surface area contributed by atoms with E-state index >= 15 is 0 Å². The maximum atomic E-state index is 3.66. The number of hydrogen-bond acceptors (Lipinski definition) is 3. The van der Waals surface area contributed by atoms with Gasteiger partial charge in [-0.2, -0.15) is 0 Å². The van der Waals surface area contributed by atoms with Crippen molar-refractivity contribution >= 4 is 27.3 Å². The molecule has 0 amide bonds. The third-order valence-electron chi connectivity index (χ3n) is 2.58. The van der Waals surface area contributed by atoms with E-state index in [0.29, 0.717) is 6.04 Å². The molecule has 1 N–H and O–H groups in total. The van der Waals surface area contributed by atoms with E-state index in [-0.39, 0.29) is 0 Å². The van der Waals surface area contributed by atoms with E-state index < -0.39 is 0 Å². The average Bonchev–Trinajstić information content (AvgIpc) is 2.59. The second kappa shape index (κ2) is 7.52. The fourth-order valence-corrected chi connectivity index (χ4v) is 3.36. The standard InChI is InChI=1S/C13H23BrN2S/c1-10(2)7-11(9-16(3)4)15-8-13-12(14)5-6-17-13/h5-6,10-11,15H,7-9H2,1-4H3. The number of rotatable bonds is 7. The number of hydrogen-bond donors (Lipinski definition) is 1. The molecule has 0 saturated carbocycles. The summed E-state index contributed by atoms with van der Waals surface area (Å²) in [6.45, 7) is 6.63. The van der Waals surface area contributed by atoms with Gasteiger partial charge < -0.3 is 10.2 Å². The van der Waals surface area contributed by atoms with Crippen LogP contribution >= 0.6 is 27.3 Å². The van der Waals surface area contributed by atoms with Crippen LogP contribution in [0.3, 0.4) is 0 Å². The smallest absolute Gasteiger partial charge is 0.0327 e. The predicted octanol–water partition coefficient (Wildman–Crippen LogP) is 3.58. The molecule has 0 bridgehead atoms. The Morgan fingerprint density at radius 3 is 2.59 bits per heavy atom.